The van der Waals surface area contributed by atoms with Crippen molar-refractivity contribution in [2.45, 2.75) is 19.4 Å². The van der Waals surface area contributed by atoms with E-state index in [0.717, 1.165) is 10.5 Å². The molecule has 2 rings (SSSR count). The van der Waals surface area contributed by atoms with Crippen molar-refractivity contribution in [2.24, 2.45) is 0 Å². The summed E-state index contributed by atoms with van der Waals surface area (Å²) in [5.74, 6) is -0.234. The minimum atomic E-state index is -1.25. The van der Waals surface area contributed by atoms with Crippen LogP contribution in [0.4, 0.5) is 4.79 Å². The number of rotatable bonds is 6. The number of amides is 4. The number of aliphatic hydroxyl groups excluding tert-OH is 1. The lowest BCUT2D eigenvalue weighted by Crippen LogP contribution is -2.44. The molecule has 0 spiro atoms. The van der Waals surface area contributed by atoms with E-state index in [1.807, 2.05) is 6.92 Å². The van der Waals surface area contributed by atoms with E-state index in [0.29, 0.717) is 11.3 Å². The monoisotopic (exact) mass is 349 g/mol. The molecule has 1 saturated heterocycles. The van der Waals surface area contributed by atoms with Gasteiger partial charge in [0.25, 0.3) is 5.91 Å². The number of carbonyl (C=O) groups excluding carboxylic acids is 3. The van der Waals surface area contributed by atoms with Crippen molar-refractivity contribution in [1.29, 1.82) is 0 Å². The third kappa shape index (κ3) is 3.43. The number of hydrogen-bond donors (Lipinski definition) is 2. The summed E-state index contributed by atoms with van der Waals surface area (Å²) in [6.45, 7) is 3.03. The molecule has 1 aromatic rings. The molecule has 4 amide bonds. The quantitative estimate of drug-likeness (QED) is 0.716. The summed E-state index contributed by atoms with van der Waals surface area (Å²) in [7, 11) is 3.06. The molecule has 8 nitrogen and oxygen atoms in total. The number of nitrogens with one attached hydrogen (secondary N) is 1. The van der Waals surface area contributed by atoms with Gasteiger partial charge in [0.1, 0.15) is 17.8 Å². The molecule has 0 aliphatic carbocycles. The molecular weight excluding hydrogens is 326 g/mol. The Kier molecular flexibility index (Phi) is 5.32. The van der Waals surface area contributed by atoms with E-state index in [1.165, 1.54) is 11.9 Å². The highest BCUT2D eigenvalue weighted by Gasteiger charge is 2.49. The van der Waals surface area contributed by atoms with Crippen LogP contribution < -0.4 is 10.1 Å². The van der Waals surface area contributed by atoms with Crippen LogP contribution in [0, 0.1) is 6.92 Å². The van der Waals surface area contributed by atoms with Crippen molar-refractivity contribution in [2.75, 3.05) is 33.9 Å². The van der Waals surface area contributed by atoms with Crippen LogP contribution in [0.25, 0.3) is 0 Å². The Morgan fingerprint density at radius 3 is 2.64 bits per heavy atom. The van der Waals surface area contributed by atoms with Gasteiger partial charge < -0.3 is 20.1 Å². The minimum Gasteiger partial charge on any atom is -0.496 e. The largest absolute Gasteiger partial charge is 0.496 e. The average molecular weight is 349 g/mol. The molecule has 1 unspecified atom stereocenters. The van der Waals surface area contributed by atoms with Gasteiger partial charge in [-0.05, 0) is 37.1 Å². The highest BCUT2D eigenvalue weighted by atomic mass is 16.5. The fourth-order valence-corrected chi connectivity index (χ4v) is 2.76. The molecule has 1 atom stereocenters. The van der Waals surface area contributed by atoms with Crippen molar-refractivity contribution in [3.63, 3.8) is 0 Å². The Morgan fingerprint density at radius 2 is 2.08 bits per heavy atom. The molecule has 2 N–H and O–H groups in total. The third-order valence-electron chi connectivity index (χ3n) is 4.40. The van der Waals surface area contributed by atoms with E-state index < -0.39 is 23.4 Å². The Balaban J connectivity index is 2.24. The van der Waals surface area contributed by atoms with Crippen LogP contribution >= 0.6 is 0 Å². The van der Waals surface area contributed by atoms with Crippen LogP contribution in [0.15, 0.2) is 18.2 Å². The summed E-state index contributed by atoms with van der Waals surface area (Å²) >= 11 is 0. The summed E-state index contributed by atoms with van der Waals surface area (Å²) in [6, 6.07) is 4.61. The topological polar surface area (TPSA) is 99.2 Å². The fraction of sp³-hybridized carbons (Fsp3) is 0.471. The molecule has 1 fully saturated rings. The maximum Gasteiger partial charge on any atom is 0.325 e. The molecule has 1 aliphatic rings. The number of methoxy groups -OCH3 is 1. The summed E-state index contributed by atoms with van der Waals surface area (Å²) in [4.78, 5) is 39.3. The SMILES string of the molecule is COc1ccc(C2(C)NC(=O)N(CC(=O)N(C)CCO)C2=O)cc1C. The number of urea groups is 1. The molecule has 1 heterocycles. The second kappa shape index (κ2) is 7.10. The first kappa shape index (κ1) is 18.7. The van der Waals surface area contributed by atoms with Gasteiger partial charge in [-0.25, -0.2) is 4.79 Å². The number of aryl methyl sites for hydroxylation is 1. The summed E-state index contributed by atoms with van der Waals surface area (Å²) in [5.41, 5.74) is 0.201. The van der Waals surface area contributed by atoms with Gasteiger partial charge in [-0.15, -0.1) is 0 Å². The molecule has 0 saturated carbocycles. The standard InChI is InChI=1S/C17H23N3O5/c1-11-9-12(5-6-13(11)25-4)17(2)15(23)20(16(24)18-17)10-14(22)19(3)7-8-21/h5-6,9,21H,7-8,10H2,1-4H3,(H,18,24). The molecule has 0 aromatic heterocycles. The fourth-order valence-electron chi connectivity index (χ4n) is 2.76. The maximum atomic E-state index is 12.8. The Morgan fingerprint density at radius 1 is 1.40 bits per heavy atom. The minimum absolute atomic E-state index is 0.136. The van der Waals surface area contributed by atoms with E-state index in [2.05, 4.69) is 5.32 Å². The van der Waals surface area contributed by atoms with Gasteiger partial charge in [0.15, 0.2) is 0 Å². The molecular formula is C17H23N3O5. The van der Waals surface area contributed by atoms with Crippen molar-refractivity contribution < 1.29 is 24.2 Å². The first-order chi connectivity index (χ1) is 11.7. The maximum absolute atomic E-state index is 12.8. The van der Waals surface area contributed by atoms with Crippen LogP contribution in [0.1, 0.15) is 18.1 Å². The van der Waals surface area contributed by atoms with Gasteiger partial charge in [-0.2, -0.15) is 0 Å². The first-order valence-corrected chi connectivity index (χ1v) is 7.88. The van der Waals surface area contributed by atoms with Crippen LogP contribution in [0.2, 0.25) is 0 Å². The number of hydrogen-bond acceptors (Lipinski definition) is 5. The summed E-state index contributed by atoms with van der Waals surface area (Å²) < 4.78 is 5.21. The smallest absolute Gasteiger partial charge is 0.325 e. The Bertz CT molecular complexity index is 706. The molecule has 0 bridgehead atoms. The van der Waals surface area contributed by atoms with Gasteiger partial charge >= 0.3 is 6.03 Å². The molecule has 1 aromatic carbocycles. The van der Waals surface area contributed by atoms with E-state index in [9.17, 15) is 14.4 Å². The molecule has 0 radical (unpaired) electrons. The van der Waals surface area contributed by atoms with Crippen molar-refractivity contribution in [1.82, 2.24) is 15.1 Å². The van der Waals surface area contributed by atoms with E-state index in [4.69, 9.17) is 9.84 Å². The predicted molar refractivity (Wildman–Crippen MR) is 90.1 cm³/mol. The van der Waals surface area contributed by atoms with Crippen molar-refractivity contribution in [3.8, 4) is 5.75 Å². The Labute approximate surface area is 146 Å². The van der Waals surface area contributed by atoms with Crippen LogP contribution in [-0.2, 0) is 15.1 Å². The summed E-state index contributed by atoms with van der Waals surface area (Å²) in [5, 5.41) is 11.6. The van der Waals surface area contributed by atoms with E-state index >= 15 is 0 Å². The van der Waals surface area contributed by atoms with Gasteiger partial charge in [-0.1, -0.05) is 6.07 Å². The highest BCUT2D eigenvalue weighted by Crippen LogP contribution is 2.31. The normalized spacial score (nSPS) is 19.8. The van der Waals surface area contributed by atoms with Gasteiger partial charge in [0.2, 0.25) is 5.91 Å². The number of imide groups is 1. The Hall–Kier alpha value is -2.61. The lowest BCUT2D eigenvalue weighted by atomic mass is 9.90. The number of nitrogens with zero attached hydrogens (tertiary/aromatic N) is 2. The molecule has 8 heteroatoms. The molecule has 25 heavy (non-hydrogen) atoms. The van der Waals surface area contributed by atoms with E-state index in [1.54, 1.807) is 32.2 Å². The van der Waals surface area contributed by atoms with Gasteiger partial charge in [0.05, 0.1) is 13.7 Å². The van der Waals surface area contributed by atoms with Crippen LogP contribution in [0.3, 0.4) is 0 Å². The number of benzene rings is 1. The van der Waals surface area contributed by atoms with Crippen molar-refractivity contribution in [3.05, 3.63) is 29.3 Å². The number of likely N-dealkylation sites (N-methyl/N-ethyl adjacent to an activating group) is 1. The van der Waals surface area contributed by atoms with Crippen LogP contribution in [0.5, 0.6) is 5.75 Å². The highest BCUT2D eigenvalue weighted by molar-refractivity contribution is 6.09. The molecule has 1 aliphatic heterocycles. The zero-order chi connectivity index (χ0) is 18.8. The predicted octanol–water partition coefficient (Wildman–Crippen LogP) is 0.221. The zero-order valence-electron chi connectivity index (χ0n) is 14.8. The van der Waals surface area contributed by atoms with E-state index in [-0.39, 0.29) is 19.7 Å². The number of carbonyl (C=O) groups is 3. The van der Waals surface area contributed by atoms with Crippen LogP contribution in [-0.4, -0.2) is 66.6 Å². The number of aliphatic hydroxyl groups is 1. The second-order valence-electron chi connectivity index (χ2n) is 6.17. The van der Waals surface area contributed by atoms with Gasteiger partial charge in [0, 0.05) is 13.6 Å². The lowest BCUT2D eigenvalue weighted by Gasteiger charge is -2.24. The third-order valence-corrected chi connectivity index (χ3v) is 4.40. The van der Waals surface area contributed by atoms with Crippen molar-refractivity contribution >= 4 is 17.8 Å². The lowest BCUT2D eigenvalue weighted by molar-refractivity contribution is -0.138. The second-order valence-corrected chi connectivity index (χ2v) is 6.17. The zero-order valence-corrected chi connectivity index (χ0v) is 14.8. The first-order valence-electron chi connectivity index (χ1n) is 7.88. The number of ether oxygens (including phenoxy) is 1. The average Bonchev–Trinajstić information content (AvgIpc) is 2.79. The summed E-state index contributed by atoms with van der Waals surface area (Å²) in [6.07, 6.45) is 0. The molecule has 136 valence electrons. The van der Waals surface area contributed by atoms with Gasteiger partial charge in [-0.3, -0.25) is 14.5 Å².